The SMILES string of the molecule is Cc1nc(C)c(C(C)NC(=O)CN2CCCNCC2)s1. The van der Waals surface area contributed by atoms with Crippen LogP contribution in [0.3, 0.4) is 0 Å². The molecule has 1 saturated heterocycles. The number of nitrogens with one attached hydrogen (secondary N) is 2. The molecule has 0 aromatic carbocycles. The van der Waals surface area contributed by atoms with E-state index in [9.17, 15) is 4.79 Å². The van der Waals surface area contributed by atoms with Crippen molar-refractivity contribution in [3.8, 4) is 0 Å². The molecule has 1 fully saturated rings. The molecule has 2 heterocycles. The van der Waals surface area contributed by atoms with Crippen LogP contribution in [0.5, 0.6) is 0 Å². The van der Waals surface area contributed by atoms with Gasteiger partial charge in [-0.25, -0.2) is 4.98 Å². The Morgan fingerprint density at radius 3 is 2.95 bits per heavy atom. The van der Waals surface area contributed by atoms with Crippen LogP contribution in [0, 0.1) is 13.8 Å². The number of carbonyl (C=O) groups excluding carboxylic acids is 1. The summed E-state index contributed by atoms with van der Waals surface area (Å²) in [5.41, 5.74) is 1.03. The average molecular weight is 296 g/mol. The zero-order valence-electron chi connectivity index (χ0n) is 12.5. The number of hydrogen-bond donors (Lipinski definition) is 2. The Morgan fingerprint density at radius 1 is 1.45 bits per heavy atom. The number of hydrogen-bond acceptors (Lipinski definition) is 5. The zero-order valence-corrected chi connectivity index (χ0v) is 13.3. The molecule has 1 amide bonds. The smallest absolute Gasteiger partial charge is 0.234 e. The van der Waals surface area contributed by atoms with Gasteiger partial charge >= 0.3 is 0 Å². The van der Waals surface area contributed by atoms with Gasteiger partial charge in [0, 0.05) is 18.0 Å². The summed E-state index contributed by atoms with van der Waals surface area (Å²) in [4.78, 5) is 19.9. The molecule has 1 atom stereocenters. The Bertz CT molecular complexity index is 452. The van der Waals surface area contributed by atoms with Crippen molar-refractivity contribution in [1.82, 2.24) is 20.5 Å². The first-order valence-electron chi connectivity index (χ1n) is 7.22. The summed E-state index contributed by atoms with van der Waals surface area (Å²) >= 11 is 1.66. The number of rotatable bonds is 4. The van der Waals surface area contributed by atoms with Crippen LogP contribution < -0.4 is 10.6 Å². The molecule has 0 bridgehead atoms. The third kappa shape index (κ3) is 4.26. The fraction of sp³-hybridized carbons (Fsp3) is 0.714. The molecule has 0 spiro atoms. The predicted octanol–water partition coefficient (Wildman–Crippen LogP) is 1.23. The number of aryl methyl sites for hydroxylation is 2. The van der Waals surface area contributed by atoms with Crippen molar-refractivity contribution in [2.75, 3.05) is 32.7 Å². The molecule has 1 aliphatic rings. The summed E-state index contributed by atoms with van der Waals surface area (Å²) in [5.74, 6) is 0.102. The molecule has 5 nitrogen and oxygen atoms in total. The van der Waals surface area contributed by atoms with Crippen LogP contribution in [0.2, 0.25) is 0 Å². The second kappa shape index (κ2) is 7.15. The van der Waals surface area contributed by atoms with Gasteiger partial charge in [-0.3, -0.25) is 9.69 Å². The van der Waals surface area contributed by atoms with Gasteiger partial charge in [-0.15, -0.1) is 11.3 Å². The highest BCUT2D eigenvalue weighted by Gasteiger charge is 2.17. The molecule has 1 aromatic heterocycles. The highest BCUT2D eigenvalue weighted by molar-refractivity contribution is 7.11. The third-order valence-electron chi connectivity index (χ3n) is 3.51. The third-order valence-corrected chi connectivity index (χ3v) is 4.77. The van der Waals surface area contributed by atoms with Crippen LogP contribution in [-0.2, 0) is 4.79 Å². The maximum Gasteiger partial charge on any atom is 0.234 e. The molecule has 1 aromatic rings. The molecule has 0 saturated carbocycles. The number of aromatic nitrogens is 1. The fourth-order valence-electron chi connectivity index (χ4n) is 2.56. The van der Waals surface area contributed by atoms with E-state index >= 15 is 0 Å². The van der Waals surface area contributed by atoms with E-state index in [2.05, 4.69) is 20.5 Å². The normalized spacial score (nSPS) is 18.6. The van der Waals surface area contributed by atoms with Crippen molar-refractivity contribution in [1.29, 1.82) is 0 Å². The van der Waals surface area contributed by atoms with Crippen molar-refractivity contribution >= 4 is 17.2 Å². The molecule has 112 valence electrons. The lowest BCUT2D eigenvalue weighted by Crippen LogP contribution is -2.39. The molecular formula is C14H24N4OS. The van der Waals surface area contributed by atoms with Crippen molar-refractivity contribution in [2.24, 2.45) is 0 Å². The van der Waals surface area contributed by atoms with Crippen LogP contribution in [0.25, 0.3) is 0 Å². The number of nitrogens with zero attached hydrogens (tertiary/aromatic N) is 2. The molecule has 1 aliphatic heterocycles. The minimum atomic E-state index is 0.0406. The van der Waals surface area contributed by atoms with Crippen LogP contribution in [0.4, 0.5) is 0 Å². The van der Waals surface area contributed by atoms with Crippen molar-refractivity contribution < 1.29 is 4.79 Å². The van der Waals surface area contributed by atoms with E-state index in [-0.39, 0.29) is 11.9 Å². The standard InChI is InChI=1S/C14H24N4OS/c1-10-14(20-12(3)16-10)11(2)17-13(19)9-18-7-4-5-15-6-8-18/h11,15H,4-9H2,1-3H3,(H,17,19). The number of thiazole rings is 1. The largest absolute Gasteiger partial charge is 0.348 e. The second-order valence-electron chi connectivity index (χ2n) is 5.35. The molecule has 0 radical (unpaired) electrons. The Kier molecular flexibility index (Phi) is 5.51. The Morgan fingerprint density at radius 2 is 2.25 bits per heavy atom. The van der Waals surface area contributed by atoms with Gasteiger partial charge in [0.2, 0.25) is 5.91 Å². The van der Waals surface area contributed by atoms with Gasteiger partial charge in [-0.1, -0.05) is 0 Å². The van der Waals surface area contributed by atoms with Crippen LogP contribution in [-0.4, -0.2) is 48.5 Å². The van der Waals surface area contributed by atoms with E-state index < -0.39 is 0 Å². The first-order valence-corrected chi connectivity index (χ1v) is 8.04. The van der Waals surface area contributed by atoms with E-state index in [1.165, 1.54) is 0 Å². The summed E-state index contributed by atoms with van der Waals surface area (Å²) in [6.07, 6.45) is 1.11. The maximum atomic E-state index is 12.1. The number of carbonyl (C=O) groups is 1. The van der Waals surface area contributed by atoms with Crippen molar-refractivity contribution in [3.05, 3.63) is 15.6 Å². The van der Waals surface area contributed by atoms with Gasteiger partial charge in [0.05, 0.1) is 23.3 Å². The Labute approximate surface area is 124 Å². The monoisotopic (exact) mass is 296 g/mol. The first-order chi connectivity index (χ1) is 9.56. The summed E-state index contributed by atoms with van der Waals surface area (Å²) in [6.45, 7) is 10.5. The Balaban J connectivity index is 1.85. The van der Waals surface area contributed by atoms with Crippen molar-refractivity contribution in [3.63, 3.8) is 0 Å². The zero-order chi connectivity index (χ0) is 14.5. The van der Waals surface area contributed by atoms with Gasteiger partial charge in [-0.05, 0) is 40.3 Å². The van der Waals surface area contributed by atoms with Gasteiger partial charge < -0.3 is 10.6 Å². The lowest BCUT2D eigenvalue weighted by molar-refractivity contribution is -0.122. The Hall–Kier alpha value is -0.980. The van der Waals surface area contributed by atoms with E-state index in [1.54, 1.807) is 11.3 Å². The maximum absolute atomic E-state index is 12.1. The van der Waals surface area contributed by atoms with Gasteiger partial charge in [-0.2, -0.15) is 0 Å². The van der Waals surface area contributed by atoms with Gasteiger partial charge in [0.25, 0.3) is 0 Å². The van der Waals surface area contributed by atoms with E-state index in [0.717, 1.165) is 48.2 Å². The second-order valence-corrected chi connectivity index (χ2v) is 6.59. The summed E-state index contributed by atoms with van der Waals surface area (Å²) in [7, 11) is 0. The summed E-state index contributed by atoms with van der Waals surface area (Å²) in [6, 6.07) is 0.0406. The first kappa shape index (κ1) is 15.4. The van der Waals surface area contributed by atoms with Crippen LogP contribution >= 0.6 is 11.3 Å². The molecule has 20 heavy (non-hydrogen) atoms. The predicted molar refractivity (Wildman–Crippen MR) is 82.1 cm³/mol. The lowest BCUT2D eigenvalue weighted by atomic mass is 10.2. The average Bonchev–Trinajstić information content (AvgIpc) is 2.59. The minimum absolute atomic E-state index is 0.0406. The number of amides is 1. The minimum Gasteiger partial charge on any atom is -0.348 e. The van der Waals surface area contributed by atoms with Crippen LogP contribution in [0.1, 0.15) is 35.0 Å². The topological polar surface area (TPSA) is 57.3 Å². The summed E-state index contributed by atoms with van der Waals surface area (Å²) in [5, 5.41) is 7.49. The van der Waals surface area contributed by atoms with Crippen molar-refractivity contribution in [2.45, 2.75) is 33.2 Å². The highest BCUT2D eigenvalue weighted by atomic mass is 32.1. The molecule has 1 unspecified atom stereocenters. The quantitative estimate of drug-likeness (QED) is 0.877. The molecule has 6 heteroatoms. The van der Waals surface area contributed by atoms with E-state index in [4.69, 9.17) is 0 Å². The lowest BCUT2D eigenvalue weighted by Gasteiger charge is -2.20. The molecule has 2 rings (SSSR count). The molecular weight excluding hydrogens is 272 g/mol. The van der Waals surface area contributed by atoms with Gasteiger partial charge in [0.1, 0.15) is 0 Å². The van der Waals surface area contributed by atoms with Gasteiger partial charge in [0.15, 0.2) is 0 Å². The summed E-state index contributed by atoms with van der Waals surface area (Å²) < 4.78 is 0. The van der Waals surface area contributed by atoms with E-state index in [1.807, 2.05) is 20.8 Å². The molecule has 2 N–H and O–H groups in total. The highest BCUT2D eigenvalue weighted by Crippen LogP contribution is 2.24. The molecule has 0 aliphatic carbocycles. The van der Waals surface area contributed by atoms with E-state index in [0.29, 0.717) is 6.54 Å². The fourth-order valence-corrected chi connectivity index (χ4v) is 3.49. The van der Waals surface area contributed by atoms with Crippen LogP contribution in [0.15, 0.2) is 0 Å².